The van der Waals surface area contributed by atoms with Gasteiger partial charge in [0.1, 0.15) is 5.69 Å². The fourth-order valence-electron chi connectivity index (χ4n) is 1.51. The van der Waals surface area contributed by atoms with Crippen molar-refractivity contribution in [1.29, 1.82) is 0 Å². The molecule has 6 heteroatoms. The molecular formula is C13H20N2O4. The molecule has 0 aliphatic rings. The first kappa shape index (κ1) is 15.2. The number of H-pyrrole nitrogens is 1. The third-order valence-corrected chi connectivity index (χ3v) is 2.98. The van der Waals surface area contributed by atoms with Crippen molar-refractivity contribution in [3.05, 3.63) is 23.5 Å². The number of carboxylic acids is 1. The van der Waals surface area contributed by atoms with Gasteiger partial charge in [-0.1, -0.05) is 0 Å². The van der Waals surface area contributed by atoms with Crippen molar-refractivity contribution in [3.8, 4) is 0 Å². The molecular weight excluding hydrogens is 248 g/mol. The highest BCUT2D eigenvalue weighted by atomic mass is 16.5. The monoisotopic (exact) mass is 268 g/mol. The third kappa shape index (κ3) is 4.40. The van der Waals surface area contributed by atoms with Crippen LogP contribution in [-0.2, 0) is 16.1 Å². The molecule has 0 amide bonds. The molecule has 0 saturated carbocycles. The zero-order valence-corrected chi connectivity index (χ0v) is 11.4. The van der Waals surface area contributed by atoms with Crippen molar-refractivity contribution in [3.63, 3.8) is 0 Å². The van der Waals surface area contributed by atoms with Crippen LogP contribution in [0.4, 0.5) is 0 Å². The lowest BCUT2D eigenvalue weighted by Gasteiger charge is -2.18. The number of aromatic nitrogens is 1. The maximum absolute atomic E-state index is 11.2. The van der Waals surface area contributed by atoms with E-state index in [1.165, 1.54) is 7.11 Å². The predicted molar refractivity (Wildman–Crippen MR) is 69.9 cm³/mol. The minimum absolute atomic E-state index is 0.404. The highest BCUT2D eigenvalue weighted by Crippen LogP contribution is 2.19. The van der Waals surface area contributed by atoms with E-state index < -0.39 is 17.4 Å². The highest BCUT2D eigenvalue weighted by Gasteiger charge is 2.26. The highest BCUT2D eigenvalue weighted by molar-refractivity contribution is 5.87. The molecule has 6 nitrogen and oxygen atoms in total. The number of nitrogens with one attached hydrogen (secondary N) is 2. The molecule has 0 fully saturated rings. The van der Waals surface area contributed by atoms with Crippen molar-refractivity contribution in [1.82, 2.24) is 10.3 Å². The Balaban J connectivity index is 2.36. The summed E-state index contributed by atoms with van der Waals surface area (Å²) in [7, 11) is 1.33. The van der Waals surface area contributed by atoms with Crippen LogP contribution in [0.15, 0.2) is 12.3 Å². The van der Waals surface area contributed by atoms with Crippen molar-refractivity contribution in [2.75, 3.05) is 13.7 Å². The number of hydrogen-bond acceptors (Lipinski definition) is 4. The number of ether oxygens (including phenoxy) is 1. The molecule has 0 atom stereocenters. The molecule has 1 heterocycles. The molecule has 1 aromatic heterocycles. The lowest BCUT2D eigenvalue weighted by molar-refractivity contribution is -0.147. The normalized spacial score (nSPS) is 11.3. The first-order valence-electron chi connectivity index (χ1n) is 6.06. The van der Waals surface area contributed by atoms with Gasteiger partial charge in [0.25, 0.3) is 0 Å². The van der Waals surface area contributed by atoms with Gasteiger partial charge in [-0.25, -0.2) is 4.79 Å². The Morgan fingerprint density at radius 3 is 2.74 bits per heavy atom. The van der Waals surface area contributed by atoms with Gasteiger partial charge in [-0.3, -0.25) is 4.79 Å². The number of aliphatic carboxylic acids is 1. The minimum Gasteiger partial charge on any atom is -0.481 e. The molecule has 1 rings (SSSR count). The second-order valence-electron chi connectivity index (χ2n) is 5.03. The first-order valence-corrected chi connectivity index (χ1v) is 6.06. The molecule has 0 bridgehead atoms. The lowest BCUT2D eigenvalue weighted by atomic mass is 9.90. The van der Waals surface area contributed by atoms with Crippen molar-refractivity contribution in [2.45, 2.75) is 26.8 Å². The molecule has 3 N–H and O–H groups in total. The Hall–Kier alpha value is -1.82. The van der Waals surface area contributed by atoms with Crippen LogP contribution in [0, 0.1) is 5.41 Å². The van der Waals surface area contributed by atoms with Gasteiger partial charge in [0.2, 0.25) is 0 Å². The molecule has 0 spiro atoms. The van der Waals surface area contributed by atoms with Crippen molar-refractivity contribution in [2.24, 2.45) is 5.41 Å². The predicted octanol–water partition coefficient (Wildman–Crippen LogP) is 1.39. The van der Waals surface area contributed by atoms with E-state index in [1.807, 2.05) is 0 Å². The van der Waals surface area contributed by atoms with Gasteiger partial charge >= 0.3 is 11.9 Å². The van der Waals surface area contributed by atoms with Gasteiger partial charge < -0.3 is 20.1 Å². The number of rotatable bonds is 7. The topological polar surface area (TPSA) is 91.4 Å². The molecule has 0 radical (unpaired) electrons. The number of hydrogen-bond donors (Lipinski definition) is 3. The average Bonchev–Trinajstić information content (AvgIpc) is 2.82. The Bertz CT molecular complexity index is 451. The van der Waals surface area contributed by atoms with E-state index in [0.29, 0.717) is 25.2 Å². The van der Waals surface area contributed by atoms with Crippen LogP contribution in [0.5, 0.6) is 0 Å². The van der Waals surface area contributed by atoms with E-state index >= 15 is 0 Å². The van der Waals surface area contributed by atoms with E-state index in [9.17, 15) is 9.59 Å². The summed E-state index contributed by atoms with van der Waals surface area (Å²) in [5, 5.41) is 12.1. The van der Waals surface area contributed by atoms with Crippen LogP contribution in [0.3, 0.4) is 0 Å². The Morgan fingerprint density at radius 2 is 2.16 bits per heavy atom. The second-order valence-corrected chi connectivity index (χ2v) is 5.03. The summed E-state index contributed by atoms with van der Waals surface area (Å²) in [6, 6.07) is 1.71. The number of methoxy groups -OCH3 is 1. The summed E-state index contributed by atoms with van der Waals surface area (Å²) in [5.41, 5.74) is 0.598. The van der Waals surface area contributed by atoms with Crippen LogP contribution >= 0.6 is 0 Å². The smallest absolute Gasteiger partial charge is 0.354 e. The number of aromatic amines is 1. The van der Waals surface area contributed by atoms with Gasteiger partial charge in [-0.05, 0) is 38.4 Å². The molecule has 1 aromatic rings. The zero-order chi connectivity index (χ0) is 14.5. The number of carbonyl (C=O) groups is 2. The molecule has 0 unspecified atom stereocenters. The molecule has 0 aromatic carbocycles. The average molecular weight is 268 g/mol. The Labute approximate surface area is 112 Å². The largest absolute Gasteiger partial charge is 0.481 e. The number of carboxylic acid groups (broad SMARTS) is 1. The van der Waals surface area contributed by atoms with E-state index in [0.717, 1.165) is 5.56 Å². The minimum atomic E-state index is -0.802. The fraction of sp³-hybridized carbons (Fsp3) is 0.538. The van der Waals surface area contributed by atoms with Crippen molar-refractivity contribution >= 4 is 11.9 Å². The van der Waals surface area contributed by atoms with E-state index in [-0.39, 0.29) is 0 Å². The third-order valence-electron chi connectivity index (χ3n) is 2.98. The summed E-state index contributed by atoms with van der Waals surface area (Å²) < 4.78 is 4.59. The van der Waals surface area contributed by atoms with E-state index in [2.05, 4.69) is 15.0 Å². The summed E-state index contributed by atoms with van der Waals surface area (Å²) in [5.74, 6) is -1.21. The lowest BCUT2D eigenvalue weighted by Crippen LogP contribution is -2.28. The molecule has 0 aliphatic heterocycles. The van der Waals surface area contributed by atoms with Crippen LogP contribution in [-0.4, -0.2) is 35.7 Å². The van der Waals surface area contributed by atoms with Crippen LogP contribution in [0.2, 0.25) is 0 Å². The van der Waals surface area contributed by atoms with Gasteiger partial charge in [-0.2, -0.15) is 0 Å². The van der Waals surface area contributed by atoms with E-state index in [1.54, 1.807) is 26.1 Å². The summed E-state index contributed by atoms with van der Waals surface area (Å²) in [6.45, 7) is 4.56. The summed E-state index contributed by atoms with van der Waals surface area (Å²) in [6.07, 6.45) is 2.26. The zero-order valence-electron chi connectivity index (χ0n) is 11.4. The van der Waals surface area contributed by atoms with Gasteiger partial charge in [0.15, 0.2) is 0 Å². The summed E-state index contributed by atoms with van der Waals surface area (Å²) >= 11 is 0. The molecule has 106 valence electrons. The second kappa shape index (κ2) is 6.38. The SMILES string of the molecule is COC(=O)c1cc(CNCCC(C)(C)C(=O)O)c[nH]1. The standard InChI is InChI=1S/C13H20N2O4/c1-13(2,12(17)18)4-5-14-7-9-6-10(15-8-9)11(16)19-3/h6,8,14-15H,4-5,7H2,1-3H3,(H,17,18). The number of esters is 1. The maximum atomic E-state index is 11.2. The fourth-order valence-corrected chi connectivity index (χ4v) is 1.51. The van der Waals surface area contributed by atoms with Crippen LogP contribution < -0.4 is 5.32 Å². The number of carbonyl (C=O) groups excluding carboxylic acids is 1. The quantitative estimate of drug-likeness (QED) is 0.513. The van der Waals surface area contributed by atoms with Gasteiger partial charge in [-0.15, -0.1) is 0 Å². The Morgan fingerprint density at radius 1 is 1.47 bits per heavy atom. The van der Waals surface area contributed by atoms with E-state index in [4.69, 9.17) is 5.11 Å². The maximum Gasteiger partial charge on any atom is 0.354 e. The van der Waals surface area contributed by atoms with Gasteiger partial charge in [0.05, 0.1) is 12.5 Å². The van der Waals surface area contributed by atoms with Crippen molar-refractivity contribution < 1.29 is 19.4 Å². The van der Waals surface area contributed by atoms with Crippen LogP contribution in [0.25, 0.3) is 0 Å². The first-order chi connectivity index (χ1) is 8.86. The summed E-state index contributed by atoms with van der Waals surface area (Å²) in [4.78, 5) is 25.0. The Kier molecular flexibility index (Phi) is 5.11. The molecule has 0 aliphatic carbocycles. The molecule has 0 saturated heterocycles. The van der Waals surface area contributed by atoms with Crippen LogP contribution in [0.1, 0.15) is 36.3 Å². The van der Waals surface area contributed by atoms with Gasteiger partial charge in [0, 0.05) is 12.7 Å². The molecule has 19 heavy (non-hydrogen) atoms.